The summed E-state index contributed by atoms with van der Waals surface area (Å²) in [5.74, 6) is -1.17. The minimum atomic E-state index is -0.606. The van der Waals surface area contributed by atoms with Crippen LogP contribution in [0.2, 0.25) is 0 Å². The van der Waals surface area contributed by atoms with E-state index in [9.17, 15) is 9.59 Å². The molecule has 2 rings (SSSR count). The molecule has 0 N–H and O–H groups in total. The van der Waals surface area contributed by atoms with E-state index in [0.717, 1.165) is 0 Å². The van der Waals surface area contributed by atoms with Crippen LogP contribution in [0, 0.1) is 11.3 Å². The molecule has 0 fully saturated rings. The third-order valence-corrected chi connectivity index (χ3v) is 2.71. The van der Waals surface area contributed by atoms with E-state index >= 15 is 0 Å². The first-order chi connectivity index (χ1) is 8.65. The fraction of sp³-hybridized carbons (Fsp3) is 0.0714. The standard InChI is InChI=1S/C14H10N2O2/c1-16-11(9-15)7-8-12(16)14(18)13(17)10-5-3-2-4-6-10/h2-8H,1H3. The monoisotopic (exact) mass is 238 g/mol. The highest BCUT2D eigenvalue weighted by molar-refractivity contribution is 6.48. The molecule has 1 heterocycles. The van der Waals surface area contributed by atoms with Crippen molar-refractivity contribution in [1.82, 2.24) is 4.57 Å². The summed E-state index contributed by atoms with van der Waals surface area (Å²) in [6.07, 6.45) is 0. The molecule has 4 heteroatoms. The Hall–Kier alpha value is -2.67. The van der Waals surface area contributed by atoms with Crippen molar-refractivity contribution in [3.63, 3.8) is 0 Å². The fourth-order valence-corrected chi connectivity index (χ4v) is 1.69. The molecule has 1 aromatic carbocycles. The first-order valence-corrected chi connectivity index (χ1v) is 5.35. The molecular weight excluding hydrogens is 228 g/mol. The summed E-state index contributed by atoms with van der Waals surface area (Å²) in [5.41, 5.74) is 0.918. The Bertz CT molecular complexity index is 648. The largest absolute Gasteiger partial charge is 0.333 e. The van der Waals surface area contributed by atoms with Crippen LogP contribution in [0.1, 0.15) is 26.5 Å². The van der Waals surface area contributed by atoms with Gasteiger partial charge in [-0.3, -0.25) is 9.59 Å². The quantitative estimate of drug-likeness (QED) is 0.606. The van der Waals surface area contributed by atoms with E-state index in [2.05, 4.69) is 0 Å². The van der Waals surface area contributed by atoms with Gasteiger partial charge in [0.2, 0.25) is 11.6 Å². The topological polar surface area (TPSA) is 62.9 Å². The number of hydrogen-bond acceptors (Lipinski definition) is 3. The Morgan fingerprint density at radius 2 is 1.72 bits per heavy atom. The van der Waals surface area contributed by atoms with Gasteiger partial charge >= 0.3 is 0 Å². The Morgan fingerprint density at radius 1 is 1.06 bits per heavy atom. The molecule has 0 bridgehead atoms. The zero-order chi connectivity index (χ0) is 13.1. The van der Waals surface area contributed by atoms with E-state index in [1.54, 1.807) is 37.4 Å². The number of aromatic nitrogens is 1. The maximum atomic E-state index is 12.0. The summed E-state index contributed by atoms with van der Waals surface area (Å²) in [6, 6.07) is 13.3. The van der Waals surface area contributed by atoms with Crippen LogP contribution in [-0.4, -0.2) is 16.1 Å². The van der Waals surface area contributed by atoms with Crippen LogP contribution in [0.15, 0.2) is 42.5 Å². The lowest BCUT2D eigenvalue weighted by molar-refractivity contribution is 0.0812. The molecule has 0 aliphatic carbocycles. The SMILES string of the molecule is Cn1c(C#N)ccc1C(=O)C(=O)c1ccccc1. The van der Waals surface area contributed by atoms with Crippen molar-refractivity contribution in [2.45, 2.75) is 0 Å². The lowest BCUT2D eigenvalue weighted by Crippen LogP contribution is -2.17. The molecule has 0 aliphatic rings. The van der Waals surface area contributed by atoms with Gasteiger partial charge < -0.3 is 4.57 Å². The van der Waals surface area contributed by atoms with Gasteiger partial charge in [-0.1, -0.05) is 30.3 Å². The number of Topliss-reactive ketones (excluding diaryl/α,β-unsaturated/α-hetero) is 2. The van der Waals surface area contributed by atoms with Gasteiger partial charge in [0.25, 0.3) is 0 Å². The minimum absolute atomic E-state index is 0.223. The molecule has 88 valence electrons. The summed E-state index contributed by atoms with van der Waals surface area (Å²) in [7, 11) is 1.59. The number of nitriles is 1. The highest BCUT2D eigenvalue weighted by Gasteiger charge is 2.21. The maximum Gasteiger partial charge on any atom is 0.249 e. The third kappa shape index (κ3) is 1.94. The van der Waals surface area contributed by atoms with Crippen molar-refractivity contribution >= 4 is 11.6 Å². The van der Waals surface area contributed by atoms with Crippen LogP contribution >= 0.6 is 0 Å². The van der Waals surface area contributed by atoms with Crippen LogP contribution in [0.25, 0.3) is 0 Å². The van der Waals surface area contributed by atoms with Crippen LogP contribution < -0.4 is 0 Å². The molecule has 0 amide bonds. The number of nitrogens with zero attached hydrogens (tertiary/aromatic N) is 2. The fourth-order valence-electron chi connectivity index (χ4n) is 1.69. The van der Waals surface area contributed by atoms with E-state index in [-0.39, 0.29) is 5.69 Å². The second-order valence-electron chi connectivity index (χ2n) is 3.80. The highest BCUT2D eigenvalue weighted by Crippen LogP contribution is 2.10. The van der Waals surface area contributed by atoms with Gasteiger partial charge in [0, 0.05) is 12.6 Å². The zero-order valence-corrected chi connectivity index (χ0v) is 9.75. The van der Waals surface area contributed by atoms with E-state index in [1.807, 2.05) is 6.07 Å². The molecule has 18 heavy (non-hydrogen) atoms. The lowest BCUT2D eigenvalue weighted by atomic mass is 10.1. The second-order valence-corrected chi connectivity index (χ2v) is 3.80. The van der Waals surface area contributed by atoms with E-state index in [0.29, 0.717) is 11.3 Å². The number of rotatable bonds is 3. The molecule has 0 saturated carbocycles. The molecule has 0 aliphatic heterocycles. The van der Waals surface area contributed by atoms with Gasteiger partial charge in [0.15, 0.2) is 0 Å². The predicted octanol–water partition coefficient (Wildman–Crippen LogP) is 1.96. The van der Waals surface area contributed by atoms with Crippen LogP contribution in [0.3, 0.4) is 0 Å². The second kappa shape index (κ2) is 4.68. The van der Waals surface area contributed by atoms with Crippen molar-refractivity contribution in [1.29, 1.82) is 5.26 Å². The maximum absolute atomic E-state index is 12.0. The van der Waals surface area contributed by atoms with Gasteiger partial charge in [-0.25, -0.2) is 0 Å². The summed E-state index contributed by atoms with van der Waals surface area (Å²) in [5, 5.41) is 8.80. The van der Waals surface area contributed by atoms with Gasteiger partial charge in [0.1, 0.15) is 11.8 Å². The highest BCUT2D eigenvalue weighted by atomic mass is 16.2. The molecule has 0 saturated heterocycles. The average Bonchev–Trinajstić information content (AvgIpc) is 2.79. The van der Waals surface area contributed by atoms with Gasteiger partial charge in [-0.05, 0) is 12.1 Å². The van der Waals surface area contributed by atoms with Crippen molar-refractivity contribution in [3.05, 3.63) is 59.4 Å². The number of ketones is 2. The van der Waals surface area contributed by atoms with Crippen molar-refractivity contribution in [2.75, 3.05) is 0 Å². The van der Waals surface area contributed by atoms with Crippen molar-refractivity contribution in [3.8, 4) is 6.07 Å². The number of carbonyl (C=O) groups excluding carboxylic acids is 2. The number of hydrogen-bond donors (Lipinski definition) is 0. The Labute approximate surface area is 104 Å². The van der Waals surface area contributed by atoms with E-state index in [1.165, 1.54) is 16.7 Å². The van der Waals surface area contributed by atoms with Crippen LogP contribution in [-0.2, 0) is 7.05 Å². The minimum Gasteiger partial charge on any atom is -0.333 e. The molecule has 4 nitrogen and oxygen atoms in total. The van der Waals surface area contributed by atoms with E-state index in [4.69, 9.17) is 5.26 Å². The number of benzene rings is 1. The summed E-state index contributed by atoms with van der Waals surface area (Å²) in [4.78, 5) is 24.0. The molecule has 1 aromatic heterocycles. The third-order valence-electron chi connectivity index (χ3n) is 2.71. The molecule has 0 spiro atoms. The Morgan fingerprint density at radius 3 is 2.28 bits per heavy atom. The summed E-state index contributed by atoms with van der Waals surface area (Å²) < 4.78 is 1.42. The lowest BCUT2D eigenvalue weighted by Gasteiger charge is -2.02. The molecular formula is C14H10N2O2. The smallest absolute Gasteiger partial charge is 0.249 e. The Balaban J connectivity index is 2.36. The van der Waals surface area contributed by atoms with E-state index < -0.39 is 11.6 Å². The first kappa shape index (κ1) is 11.8. The zero-order valence-electron chi connectivity index (χ0n) is 9.75. The van der Waals surface area contributed by atoms with Crippen LogP contribution in [0.5, 0.6) is 0 Å². The molecule has 0 unspecified atom stereocenters. The van der Waals surface area contributed by atoms with Gasteiger partial charge in [0.05, 0.1) is 5.69 Å². The average molecular weight is 238 g/mol. The Kier molecular flexibility index (Phi) is 3.07. The van der Waals surface area contributed by atoms with Gasteiger partial charge in [-0.2, -0.15) is 5.26 Å². The van der Waals surface area contributed by atoms with Crippen molar-refractivity contribution in [2.24, 2.45) is 7.05 Å². The van der Waals surface area contributed by atoms with Gasteiger partial charge in [-0.15, -0.1) is 0 Å². The summed E-state index contributed by atoms with van der Waals surface area (Å²) in [6.45, 7) is 0. The first-order valence-electron chi connectivity index (χ1n) is 5.35. The molecule has 0 radical (unpaired) electrons. The summed E-state index contributed by atoms with van der Waals surface area (Å²) >= 11 is 0. The molecule has 2 aromatic rings. The molecule has 0 atom stereocenters. The number of carbonyl (C=O) groups is 2. The predicted molar refractivity (Wildman–Crippen MR) is 65.2 cm³/mol. The van der Waals surface area contributed by atoms with Crippen LogP contribution in [0.4, 0.5) is 0 Å². The van der Waals surface area contributed by atoms with Crippen molar-refractivity contribution < 1.29 is 9.59 Å². The normalized spacial score (nSPS) is 9.78.